The van der Waals surface area contributed by atoms with Gasteiger partial charge in [-0.25, -0.2) is 17.6 Å². The van der Waals surface area contributed by atoms with Gasteiger partial charge < -0.3 is 10.2 Å². The first kappa shape index (κ1) is 21.1. The molecule has 156 valence electrons. The average molecular weight is 431 g/mol. The number of hydrogen-bond acceptors (Lipinski definition) is 3. The number of urea groups is 1. The lowest BCUT2D eigenvalue weighted by Crippen LogP contribution is -2.51. The van der Waals surface area contributed by atoms with E-state index in [1.807, 2.05) is 0 Å². The molecule has 1 heterocycles. The minimum Gasteiger partial charge on any atom is -0.322 e. The molecule has 1 saturated heterocycles. The molecule has 0 radical (unpaired) electrons. The number of nitrogens with one attached hydrogen (secondary N) is 1. The van der Waals surface area contributed by atoms with Gasteiger partial charge in [0.15, 0.2) is 0 Å². The number of nitrogens with zero attached hydrogens (tertiary/aromatic N) is 2. The van der Waals surface area contributed by atoms with Gasteiger partial charge >= 0.3 is 12.2 Å². The fourth-order valence-corrected chi connectivity index (χ4v) is 4.59. The van der Waals surface area contributed by atoms with Gasteiger partial charge in [-0.1, -0.05) is 24.3 Å². The number of rotatable bonds is 3. The van der Waals surface area contributed by atoms with Gasteiger partial charge in [0.25, 0.3) is 0 Å². The Hall–Kier alpha value is -2.66. The molecule has 2 aromatic rings. The van der Waals surface area contributed by atoms with Crippen LogP contribution in [0.4, 0.5) is 28.0 Å². The molecule has 0 atom stereocenters. The van der Waals surface area contributed by atoms with Crippen molar-refractivity contribution in [1.82, 2.24) is 9.21 Å². The molecule has 1 aliphatic rings. The quantitative estimate of drug-likeness (QED) is 0.758. The molecule has 0 bridgehead atoms. The topological polar surface area (TPSA) is 69.7 Å². The molecule has 0 saturated carbocycles. The molecule has 2 amide bonds. The van der Waals surface area contributed by atoms with Crippen molar-refractivity contribution >= 4 is 21.7 Å². The summed E-state index contributed by atoms with van der Waals surface area (Å²) in [7, 11) is -4.40. The number of carbonyl (C=O) groups is 1. The predicted molar refractivity (Wildman–Crippen MR) is 97.2 cm³/mol. The summed E-state index contributed by atoms with van der Waals surface area (Å²) in [5.74, 6) is -0.620. The van der Waals surface area contributed by atoms with Crippen LogP contribution < -0.4 is 5.32 Å². The number of sulfonamides is 1. The number of piperazine rings is 1. The van der Waals surface area contributed by atoms with Crippen LogP contribution in [0.25, 0.3) is 0 Å². The number of alkyl halides is 3. The van der Waals surface area contributed by atoms with E-state index in [1.54, 1.807) is 6.07 Å². The van der Waals surface area contributed by atoms with Crippen LogP contribution in [-0.4, -0.2) is 49.8 Å². The van der Waals surface area contributed by atoms with Gasteiger partial charge in [-0.2, -0.15) is 17.5 Å². The molecule has 1 N–H and O–H groups in total. The number of halogens is 4. The molecule has 11 heteroatoms. The van der Waals surface area contributed by atoms with Crippen molar-refractivity contribution in [2.24, 2.45) is 0 Å². The summed E-state index contributed by atoms with van der Waals surface area (Å²) in [6.07, 6.45) is -4.81. The Morgan fingerprint density at radius 1 is 0.931 bits per heavy atom. The van der Waals surface area contributed by atoms with Crippen LogP contribution in [0.2, 0.25) is 0 Å². The Morgan fingerprint density at radius 2 is 1.52 bits per heavy atom. The molecule has 0 aromatic heterocycles. The summed E-state index contributed by atoms with van der Waals surface area (Å²) in [4.78, 5) is 12.7. The maximum absolute atomic E-state index is 13.6. The van der Waals surface area contributed by atoms with Crippen molar-refractivity contribution in [3.05, 3.63) is 59.9 Å². The zero-order chi connectivity index (χ0) is 21.2. The highest BCUT2D eigenvalue weighted by molar-refractivity contribution is 7.89. The Labute approximate surface area is 164 Å². The van der Waals surface area contributed by atoms with Crippen LogP contribution in [0.5, 0.6) is 0 Å². The fraction of sp³-hybridized carbons (Fsp3) is 0.278. The van der Waals surface area contributed by atoms with E-state index in [2.05, 4.69) is 5.32 Å². The normalized spacial score (nSPS) is 15.9. The van der Waals surface area contributed by atoms with Crippen molar-refractivity contribution in [3.8, 4) is 0 Å². The SMILES string of the molecule is O=C(Nc1ccccc1F)N1CCN(S(=O)(=O)c2ccccc2C(F)(F)F)CC1. The minimum absolute atomic E-state index is 0.0216. The van der Waals surface area contributed by atoms with Crippen molar-refractivity contribution in [3.63, 3.8) is 0 Å². The predicted octanol–water partition coefficient (Wildman–Crippen LogP) is 3.38. The molecular weight excluding hydrogens is 414 g/mol. The van der Waals surface area contributed by atoms with Crippen LogP contribution in [0.1, 0.15) is 5.56 Å². The Balaban J connectivity index is 1.71. The standard InChI is InChI=1S/C18H17F4N3O3S/c19-14-6-2-3-7-15(14)23-17(26)24-9-11-25(12-10-24)29(27,28)16-8-4-1-5-13(16)18(20,21)22/h1-8H,9-12H2,(H,23,26). The molecule has 1 aliphatic heterocycles. The molecule has 6 nitrogen and oxygen atoms in total. The first-order chi connectivity index (χ1) is 13.6. The lowest BCUT2D eigenvalue weighted by Gasteiger charge is -2.34. The first-order valence-corrected chi connectivity index (χ1v) is 10.0. The van der Waals surface area contributed by atoms with Crippen LogP contribution >= 0.6 is 0 Å². The highest BCUT2D eigenvalue weighted by Gasteiger charge is 2.39. The van der Waals surface area contributed by atoms with Gasteiger partial charge in [-0.3, -0.25) is 0 Å². The van der Waals surface area contributed by atoms with Gasteiger partial charge in [-0.05, 0) is 24.3 Å². The Kier molecular flexibility index (Phi) is 5.80. The summed E-state index contributed by atoms with van der Waals surface area (Å²) in [6.45, 7) is -0.458. The second-order valence-electron chi connectivity index (χ2n) is 6.30. The number of anilines is 1. The highest BCUT2D eigenvalue weighted by atomic mass is 32.2. The molecule has 0 unspecified atom stereocenters. The Morgan fingerprint density at radius 3 is 2.14 bits per heavy atom. The van der Waals surface area contributed by atoms with E-state index >= 15 is 0 Å². The molecule has 0 aliphatic carbocycles. The van der Waals surface area contributed by atoms with Crippen molar-refractivity contribution in [2.75, 3.05) is 31.5 Å². The zero-order valence-corrected chi connectivity index (χ0v) is 15.8. The summed E-state index contributed by atoms with van der Waals surface area (Å²) in [5.41, 5.74) is -1.26. The van der Waals surface area contributed by atoms with Gasteiger partial charge in [0.2, 0.25) is 10.0 Å². The van der Waals surface area contributed by atoms with Crippen LogP contribution in [-0.2, 0) is 16.2 Å². The van der Waals surface area contributed by atoms with Crippen molar-refractivity contribution in [2.45, 2.75) is 11.1 Å². The number of benzene rings is 2. The van der Waals surface area contributed by atoms with E-state index in [1.165, 1.54) is 29.2 Å². The third-order valence-electron chi connectivity index (χ3n) is 4.45. The van der Waals surface area contributed by atoms with Crippen LogP contribution in [0, 0.1) is 5.82 Å². The molecule has 1 fully saturated rings. The minimum atomic E-state index is -4.81. The van der Waals surface area contributed by atoms with E-state index in [9.17, 15) is 30.8 Å². The summed E-state index contributed by atoms with van der Waals surface area (Å²) >= 11 is 0. The zero-order valence-electron chi connectivity index (χ0n) is 15.0. The maximum atomic E-state index is 13.6. The second-order valence-corrected chi connectivity index (χ2v) is 8.20. The van der Waals surface area contributed by atoms with Gasteiger partial charge in [0.05, 0.1) is 16.1 Å². The molecular formula is C18H17F4N3O3S. The average Bonchev–Trinajstić information content (AvgIpc) is 2.69. The highest BCUT2D eigenvalue weighted by Crippen LogP contribution is 2.35. The van der Waals surface area contributed by atoms with Gasteiger partial charge in [0.1, 0.15) is 5.82 Å². The molecule has 29 heavy (non-hydrogen) atoms. The second kappa shape index (κ2) is 7.99. The van der Waals surface area contributed by atoms with E-state index in [4.69, 9.17) is 0 Å². The Bertz CT molecular complexity index is 1000. The summed E-state index contributed by atoms with van der Waals surface area (Å²) in [5, 5.41) is 2.39. The molecule has 0 spiro atoms. The van der Waals surface area contributed by atoms with E-state index < -0.39 is 38.5 Å². The van der Waals surface area contributed by atoms with Crippen LogP contribution in [0.3, 0.4) is 0 Å². The van der Waals surface area contributed by atoms with Crippen LogP contribution in [0.15, 0.2) is 53.4 Å². The lowest BCUT2D eigenvalue weighted by molar-refractivity contribution is -0.139. The number of carbonyl (C=O) groups excluding carboxylic acids is 1. The van der Waals surface area contributed by atoms with Crippen molar-refractivity contribution < 1.29 is 30.8 Å². The molecule has 3 rings (SSSR count). The van der Waals surface area contributed by atoms with E-state index in [0.29, 0.717) is 6.07 Å². The van der Waals surface area contributed by atoms with E-state index in [0.717, 1.165) is 16.4 Å². The smallest absolute Gasteiger partial charge is 0.322 e. The molecule has 2 aromatic carbocycles. The summed E-state index contributed by atoms with van der Waals surface area (Å²) < 4.78 is 79.5. The third kappa shape index (κ3) is 4.51. The number of amides is 2. The van der Waals surface area contributed by atoms with Crippen molar-refractivity contribution in [1.29, 1.82) is 0 Å². The maximum Gasteiger partial charge on any atom is 0.417 e. The first-order valence-electron chi connectivity index (χ1n) is 8.57. The van der Waals surface area contributed by atoms with Gasteiger partial charge in [0, 0.05) is 26.2 Å². The largest absolute Gasteiger partial charge is 0.417 e. The van der Waals surface area contributed by atoms with Gasteiger partial charge in [-0.15, -0.1) is 0 Å². The number of para-hydroxylation sites is 1. The van der Waals surface area contributed by atoms with E-state index in [-0.39, 0.29) is 31.9 Å². The lowest BCUT2D eigenvalue weighted by atomic mass is 10.2. The fourth-order valence-electron chi connectivity index (χ4n) is 2.95. The number of hydrogen-bond donors (Lipinski definition) is 1. The third-order valence-corrected chi connectivity index (χ3v) is 6.41. The summed E-state index contributed by atoms with van der Waals surface area (Å²) in [6, 6.07) is 8.91. The monoisotopic (exact) mass is 431 g/mol.